The lowest BCUT2D eigenvalue weighted by molar-refractivity contribution is -0.119. The van der Waals surface area contributed by atoms with Crippen molar-refractivity contribution in [1.82, 2.24) is 10.3 Å². The molecule has 0 saturated heterocycles. The SMILES string of the molecule is CC(=O)NCc1ccc(CC[C@H]2COc3ccccc3O2)nc1. The summed E-state index contributed by atoms with van der Waals surface area (Å²) in [6, 6.07) is 11.7. The van der Waals surface area contributed by atoms with Gasteiger partial charge in [0.05, 0.1) is 0 Å². The molecule has 5 nitrogen and oxygen atoms in total. The van der Waals surface area contributed by atoms with Crippen molar-refractivity contribution in [3.8, 4) is 11.5 Å². The van der Waals surface area contributed by atoms with Gasteiger partial charge in [-0.15, -0.1) is 0 Å². The van der Waals surface area contributed by atoms with E-state index in [1.165, 1.54) is 6.92 Å². The zero-order chi connectivity index (χ0) is 16.1. The molecule has 0 radical (unpaired) electrons. The molecule has 2 aromatic rings. The van der Waals surface area contributed by atoms with Gasteiger partial charge in [0, 0.05) is 25.4 Å². The number of carbonyl (C=O) groups is 1. The van der Waals surface area contributed by atoms with E-state index >= 15 is 0 Å². The van der Waals surface area contributed by atoms with Crippen LogP contribution in [0.2, 0.25) is 0 Å². The van der Waals surface area contributed by atoms with Gasteiger partial charge in [-0.1, -0.05) is 18.2 Å². The van der Waals surface area contributed by atoms with Crippen LogP contribution in [0.5, 0.6) is 11.5 Å². The fourth-order valence-electron chi connectivity index (χ4n) is 2.45. The number of pyridine rings is 1. The number of hydrogen-bond acceptors (Lipinski definition) is 4. The number of para-hydroxylation sites is 2. The van der Waals surface area contributed by atoms with E-state index in [0.29, 0.717) is 13.2 Å². The third-order valence-electron chi connectivity index (χ3n) is 3.72. The maximum atomic E-state index is 10.9. The van der Waals surface area contributed by atoms with Crippen LogP contribution in [0.1, 0.15) is 24.6 Å². The Kier molecular flexibility index (Phi) is 4.76. The lowest BCUT2D eigenvalue weighted by atomic mass is 10.1. The van der Waals surface area contributed by atoms with Gasteiger partial charge in [-0.05, 0) is 36.6 Å². The average Bonchev–Trinajstić information content (AvgIpc) is 2.59. The van der Waals surface area contributed by atoms with Crippen LogP contribution >= 0.6 is 0 Å². The largest absolute Gasteiger partial charge is 0.486 e. The molecule has 23 heavy (non-hydrogen) atoms. The first-order valence-electron chi connectivity index (χ1n) is 7.77. The Balaban J connectivity index is 1.50. The average molecular weight is 312 g/mol. The monoisotopic (exact) mass is 312 g/mol. The number of ether oxygens (including phenoxy) is 2. The van der Waals surface area contributed by atoms with Crippen molar-refractivity contribution in [2.75, 3.05) is 6.61 Å². The number of aryl methyl sites for hydroxylation is 1. The number of rotatable bonds is 5. The number of nitrogens with zero attached hydrogens (tertiary/aromatic N) is 1. The van der Waals surface area contributed by atoms with Crippen LogP contribution in [0.25, 0.3) is 0 Å². The minimum absolute atomic E-state index is 0.0381. The highest BCUT2D eigenvalue weighted by Gasteiger charge is 2.20. The summed E-state index contributed by atoms with van der Waals surface area (Å²) in [7, 11) is 0. The zero-order valence-corrected chi connectivity index (χ0v) is 13.1. The lowest BCUT2D eigenvalue weighted by Gasteiger charge is -2.26. The van der Waals surface area contributed by atoms with Crippen LogP contribution in [0.15, 0.2) is 42.6 Å². The topological polar surface area (TPSA) is 60.5 Å². The van der Waals surface area contributed by atoms with Gasteiger partial charge in [0.25, 0.3) is 0 Å². The van der Waals surface area contributed by atoms with Crippen LogP contribution in [0.3, 0.4) is 0 Å². The van der Waals surface area contributed by atoms with Gasteiger partial charge >= 0.3 is 0 Å². The van der Waals surface area contributed by atoms with E-state index < -0.39 is 0 Å². The van der Waals surface area contributed by atoms with Gasteiger partial charge < -0.3 is 14.8 Å². The van der Waals surface area contributed by atoms with E-state index in [0.717, 1.165) is 35.6 Å². The molecule has 1 aromatic heterocycles. The number of nitrogens with one attached hydrogen (secondary N) is 1. The molecule has 0 fully saturated rings. The molecule has 1 aliphatic rings. The smallest absolute Gasteiger partial charge is 0.217 e. The van der Waals surface area contributed by atoms with E-state index in [2.05, 4.69) is 10.3 Å². The predicted molar refractivity (Wildman–Crippen MR) is 86.4 cm³/mol. The highest BCUT2D eigenvalue weighted by molar-refractivity contribution is 5.72. The van der Waals surface area contributed by atoms with Gasteiger partial charge in [0.15, 0.2) is 11.5 Å². The van der Waals surface area contributed by atoms with Gasteiger partial charge in [0.1, 0.15) is 12.7 Å². The molecule has 0 bridgehead atoms. The Morgan fingerprint density at radius 2 is 2.09 bits per heavy atom. The Morgan fingerprint density at radius 3 is 2.83 bits per heavy atom. The Morgan fingerprint density at radius 1 is 1.26 bits per heavy atom. The molecule has 5 heteroatoms. The van der Waals surface area contributed by atoms with Crippen molar-refractivity contribution < 1.29 is 14.3 Å². The molecule has 1 N–H and O–H groups in total. The quantitative estimate of drug-likeness (QED) is 0.921. The van der Waals surface area contributed by atoms with Crippen molar-refractivity contribution in [3.05, 3.63) is 53.9 Å². The van der Waals surface area contributed by atoms with Gasteiger partial charge in [-0.25, -0.2) is 0 Å². The number of fused-ring (bicyclic) bond motifs is 1. The standard InChI is InChI=1S/C18H20N2O3/c1-13(21)19-10-14-6-7-15(20-11-14)8-9-16-12-22-17-4-2-3-5-18(17)23-16/h2-7,11,16H,8-10,12H2,1H3,(H,19,21)/t16-/m0/s1. The van der Waals surface area contributed by atoms with E-state index in [4.69, 9.17) is 9.47 Å². The number of aromatic nitrogens is 1. The fraction of sp³-hybridized carbons (Fsp3) is 0.333. The third kappa shape index (κ3) is 4.22. The fourth-order valence-corrected chi connectivity index (χ4v) is 2.45. The van der Waals surface area contributed by atoms with E-state index in [1.54, 1.807) is 6.20 Å². The normalized spacial score (nSPS) is 16.0. The van der Waals surface area contributed by atoms with Crippen molar-refractivity contribution in [2.45, 2.75) is 32.4 Å². The summed E-state index contributed by atoms with van der Waals surface area (Å²) in [5.41, 5.74) is 2.01. The van der Waals surface area contributed by atoms with E-state index in [1.807, 2.05) is 36.4 Å². The molecular formula is C18H20N2O3. The molecule has 0 saturated carbocycles. The highest BCUT2D eigenvalue weighted by atomic mass is 16.6. The number of amides is 1. The summed E-state index contributed by atoms with van der Waals surface area (Å²) in [5.74, 6) is 1.58. The second-order valence-electron chi connectivity index (χ2n) is 5.60. The first kappa shape index (κ1) is 15.3. The van der Waals surface area contributed by atoms with E-state index in [-0.39, 0.29) is 12.0 Å². The zero-order valence-electron chi connectivity index (χ0n) is 13.1. The summed E-state index contributed by atoms with van der Waals surface area (Å²) >= 11 is 0. The summed E-state index contributed by atoms with van der Waals surface area (Å²) in [4.78, 5) is 15.3. The maximum absolute atomic E-state index is 10.9. The minimum Gasteiger partial charge on any atom is -0.486 e. The van der Waals surface area contributed by atoms with Crippen LogP contribution in [-0.2, 0) is 17.8 Å². The van der Waals surface area contributed by atoms with E-state index in [9.17, 15) is 4.79 Å². The molecule has 1 atom stereocenters. The Bertz CT molecular complexity index is 670. The van der Waals surface area contributed by atoms with Crippen LogP contribution in [0, 0.1) is 0 Å². The number of hydrogen-bond donors (Lipinski definition) is 1. The molecule has 0 aliphatic carbocycles. The molecule has 2 heterocycles. The molecule has 0 spiro atoms. The first-order valence-corrected chi connectivity index (χ1v) is 7.77. The predicted octanol–water partition coefficient (Wildman–Crippen LogP) is 2.49. The molecule has 0 unspecified atom stereocenters. The Hall–Kier alpha value is -2.56. The summed E-state index contributed by atoms with van der Waals surface area (Å²) < 4.78 is 11.7. The molecule has 120 valence electrons. The Labute approximate surface area is 135 Å². The first-order chi connectivity index (χ1) is 11.2. The highest BCUT2D eigenvalue weighted by Crippen LogP contribution is 2.31. The second-order valence-corrected chi connectivity index (χ2v) is 5.60. The van der Waals surface area contributed by atoms with Crippen molar-refractivity contribution in [3.63, 3.8) is 0 Å². The van der Waals surface area contributed by atoms with Crippen molar-refractivity contribution >= 4 is 5.91 Å². The van der Waals surface area contributed by atoms with Crippen LogP contribution in [0.4, 0.5) is 0 Å². The van der Waals surface area contributed by atoms with Gasteiger partial charge in [-0.3, -0.25) is 9.78 Å². The molecule has 1 aliphatic heterocycles. The van der Waals surface area contributed by atoms with Crippen LogP contribution < -0.4 is 14.8 Å². The minimum atomic E-state index is -0.0381. The van der Waals surface area contributed by atoms with Crippen molar-refractivity contribution in [1.29, 1.82) is 0 Å². The lowest BCUT2D eigenvalue weighted by Crippen LogP contribution is -2.29. The molecule has 3 rings (SSSR count). The summed E-state index contributed by atoms with van der Waals surface area (Å²) in [6.07, 6.45) is 3.53. The maximum Gasteiger partial charge on any atom is 0.217 e. The second kappa shape index (κ2) is 7.13. The molecular weight excluding hydrogens is 292 g/mol. The molecule has 1 aromatic carbocycles. The van der Waals surface area contributed by atoms with Crippen molar-refractivity contribution in [2.24, 2.45) is 0 Å². The summed E-state index contributed by atoms with van der Waals surface area (Å²) in [6.45, 7) is 2.59. The number of carbonyl (C=O) groups excluding carboxylic acids is 1. The number of benzene rings is 1. The van der Waals surface area contributed by atoms with Gasteiger partial charge in [-0.2, -0.15) is 0 Å². The summed E-state index contributed by atoms with van der Waals surface area (Å²) in [5, 5.41) is 2.76. The van der Waals surface area contributed by atoms with Gasteiger partial charge in [0.2, 0.25) is 5.91 Å². The third-order valence-corrected chi connectivity index (χ3v) is 3.72. The van der Waals surface area contributed by atoms with Crippen LogP contribution in [-0.4, -0.2) is 23.6 Å². The molecule has 1 amide bonds.